The van der Waals surface area contributed by atoms with Crippen molar-refractivity contribution in [1.82, 2.24) is 19.6 Å². The van der Waals surface area contributed by atoms with Crippen LogP contribution < -0.4 is 5.32 Å². The summed E-state index contributed by atoms with van der Waals surface area (Å²) in [6.45, 7) is 6.38. The van der Waals surface area contributed by atoms with E-state index in [0.29, 0.717) is 46.6 Å². The third-order valence-electron chi connectivity index (χ3n) is 4.89. The van der Waals surface area contributed by atoms with Gasteiger partial charge in [0.2, 0.25) is 5.91 Å². The maximum atomic E-state index is 12.4. The van der Waals surface area contributed by atoms with Crippen LogP contribution in [0.15, 0.2) is 24.3 Å². The van der Waals surface area contributed by atoms with Crippen LogP contribution in [-0.2, 0) is 17.9 Å². The molecule has 0 aliphatic heterocycles. The van der Waals surface area contributed by atoms with E-state index < -0.39 is 4.92 Å². The van der Waals surface area contributed by atoms with Crippen molar-refractivity contribution in [1.29, 1.82) is 0 Å². The number of anilines is 1. The third-order valence-corrected chi connectivity index (χ3v) is 5.63. The number of halogens is 2. The maximum absolute atomic E-state index is 12.4. The summed E-state index contributed by atoms with van der Waals surface area (Å²) >= 11 is 12.1. The normalized spacial score (nSPS) is 11.0. The summed E-state index contributed by atoms with van der Waals surface area (Å²) in [5.41, 5.74) is 3.85. The van der Waals surface area contributed by atoms with E-state index in [0.717, 1.165) is 11.3 Å². The van der Waals surface area contributed by atoms with Crippen LogP contribution in [0.1, 0.15) is 35.5 Å². The zero-order valence-corrected chi connectivity index (χ0v) is 18.9. The van der Waals surface area contributed by atoms with Crippen LogP contribution >= 0.6 is 23.2 Å². The second kappa shape index (κ2) is 9.49. The van der Waals surface area contributed by atoms with Crippen LogP contribution in [0.4, 0.5) is 11.5 Å². The monoisotopic (exact) mass is 464 g/mol. The number of aromatic nitrogens is 4. The van der Waals surface area contributed by atoms with Gasteiger partial charge in [-0.25, -0.2) is 0 Å². The van der Waals surface area contributed by atoms with Gasteiger partial charge in [-0.2, -0.15) is 9.78 Å². The minimum Gasteiger partial charge on any atom is -0.358 e. The largest absolute Gasteiger partial charge is 0.390 e. The fraction of sp³-hybridized carbons (Fsp3) is 0.350. The molecule has 3 rings (SSSR count). The Kier molecular flexibility index (Phi) is 6.97. The Morgan fingerprint density at radius 3 is 2.52 bits per heavy atom. The van der Waals surface area contributed by atoms with Gasteiger partial charge in [0.1, 0.15) is 0 Å². The van der Waals surface area contributed by atoms with Crippen molar-refractivity contribution < 1.29 is 9.72 Å². The molecule has 3 aromatic rings. The summed E-state index contributed by atoms with van der Waals surface area (Å²) < 4.78 is 3.34. The van der Waals surface area contributed by atoms with Crippen molar-refractivity contribution in [2.75, 3.05) is 5.32 Å². The molecule has 31 heavy (non-hydrogen) atoms. The summed E-state index contributed by atoms with van der Waals surface area (Å²) in [4.78, 5) is 22.7. The first kappa shape index (κ1) is 22.8. The molecule has 0 saturated heterocycles. The Balaban J connectivity index is 1.60. The van der Waals surface area contributed by atoms with Gasteiger partial charge in [0, 0.05) is 6.42 Å². The van der Waals surface area contributed by atoms with Crippen LogP contribution in [0.25, 0.3) is 0 Å². The average molecular weight is 465 g/mol. The second-order valence-electron chi connectivity index (χ2n) is 7.23. The van der Waals surface area contributed by atoms with E-state index in [9.17, 15) is 14.9 Å². The first-order valence-electron chi connectivity index (χ1n) is 9.62. The van der Waals surface area contributed by atoms with E-state index >= 15 is 0 Å². The maximum Gasteiger partial charge on any atom is 0.390 e. The van der Waals surface area contributed by atoms with Crippen LogP contribution in [0.5, 0.6) is 0 Å². The van der Waals surface area contributed by atoms with Crippen molar-refractivity contribution in [2.45, 2.75) is 46.7 Å². The van der Waals surface area contributed by atoms with Gasteiger partial charge < -0.3 is 15.4 Å². The first-order valence-corrected chi connectivity index (χ1v) is 10.4. The molecule has 164 valence electrons. The molecule has 2 heterocycles. The van der Waals surface area contributed by atoms with Crippen molar-refractivity contribution in [3.63, 3.8) is 0 Å². The van der Waals surface area contributed by atoms with Gasteiger partial charge in [0.15, 0.2) is 0 Å². The molecule has 1 amide bonds. The molecule has 0 aliphatic rings. The lowest BCUT2D eigenvalue weighted by Crippen LogP contribution is -2.14. The number of carbonyl (C=O) groups is 1. The number of hydrogen-bond acceptors (Lipinski definition) is 5. The molecule has 9 nitrogen and oxygen atoms in total. The SMILES string of the molecule is Cc1nn(Cc2ccc(Cl)c(Cl)c2)c(C)c1NC(=O)CCCn1nc([N+](=O)[O-])cc1C. The lowest BCUT2D eigenvalue weighted by molar-refractivity contribution is -0.389. The average Bonchev–Trinajstić information content (AvgIpc) is 3.20. The summed E-state index contributed by atoms with van der Waals surface area (Å²) in [5, 5.41) is 23.1. The number of benzene rings is 1. The van der Waals surface area contributed by atoms with Crippen molar-refractivity contribution in [2.24, 2.45) is 0 Å². The Hall–Kier alpha value is -2.91. The molecule has 0 aliphatic carbocycles. The van der Waals surface area contributed by atoms with Crippen molar-refractivity contribution in [3.8, 4) is 0 Å². The number of rotatable bonds is 8. The molecule has 1 N–H and O–H groups in total. The molecule has 0 bridgehead atoms. The zero-order valence-electron chi connectivity index (χ0n) is 17.4. The molecule has 2 aromatic heterocycles. The molecule has 0 spiro atoms. The van der Waals surface area contributed by atoms with Gasteiger partial charge in [0.05, 0.1) is 57.1 Å². The minimum atomic E-state index is -0.530. The Bertz CT molecular complexity index is 1140. The highest BCUT2D eigenvalue weighted by molar-refractivity contribution is 6.42. The number of amides is 1. The minimum absolute atomic E-state index is 0.153. The highest BCUT2D eigenvalue weighted by atomic mass is 35.5. The predicted octanol–water partition coefficient (Wildman–Crippen LogP) is 4.69. The van der Waals surface area contributed by atoms with Crippen LogP contribution in [0.3, 0.4) is 0 Å². The summed E-state index contributed by atoms with van der Waals surface area (Å²) in [5.74, 6) is -0.345. The van der Waals surface area contributed by atoms with Gasteiger partial charge in [0.25, 0.3) is 0 Å². The smallest absolute Gasteiger partial charge is 0.358 e. The van der Waals surface area contributed by atoms with E-state index in [4.69, 9.17) is 23.2 Å². The highest BCUT2D eigenvalue weighted by Gasteiger charge is 2.17. The summed E-state index contributed by atoms with van der Waals surface area (Å²) in [6, 6.07) is 6.82. The molecular weight excluding hydrogens is 443 g/mol. The highest BCUT2D eigenvalue weighted by Crippen LogP contribution is 2.25. The molecule has 0 saturated carbocycles. The Morgan fingerprint density at radius 1 is 1.13 bits per heavy atom. The third kappa shape index (κ3) is 5.42. The number of nitro groups is 1. The van der Waals surface area contributed by atoms with Gasteiger partial charge in [-0.3, -0.25) is 9.48 Å². The summed E-state index contributed by atoms with van der Waals surface area (Å²) in [6.07, 6.45) is 0.755. The topological polar surface area (TPSA) is 108 Å². The van der Waals surface area contributed by atoms with E-state index in [1.54, 1.807) is 23.7 Å². The number of hydrogen-bond donors (Lipinski definition) is 1. The first-order chi connectivity index (χ1) is 14.7. The lowest BCUT2D eigenvalue weighted by Gasteiger charge is -2.08. The van der Waals surface area contributed by atoms with Gasteiger partial charge in [-0.1, -0.05) is 29.3 Å². The molecule has 1 aromatic carbocycles. The Morgan fingerprint density at radius 2 is 1.87 bits per heavy atom. The Labute approximate surface area is 189 Å². The molecule has 0 unspecified atom stereocenters. The molecular formula is C20H22Cl2N6O3. The van der Waals surface area contributed by atoms with E-state index in [1.807, 2.05) is 19.9 Å². The molecule has 0 radical (unpaired) electrons. The zero-order chi connectivity index (χ0) is 22.7. The molecule has 0 atom stereocenters. The molecule has 11 heteroatoms. The lowest BCUT2D eigenvalue weighted by atomic mass is 10.2. The fourth-order valence-corrected chi connectivity index (χ4v) is 3.56. The van der Waals surface area contributed by atoms with Crippen molar-refractivity contribution in [3.05, 3.63) is 67.1 Å². The van der Waals surface area contributed by atoms with Crippen LogP contribution in [-0.4, -0.2) is 30.4 Å². The van der Waals surface area contributed by atoms with Gasteiger partial charge in [-0.05, 0) is 49.8 Å². The second-order valence-corrected chi connectivity index (χ2v) is 8.04. The number of aryl methyl sites for hydroxylation is 3. The van der Waals surface area contributed by atoms with Crippen LogP contribution in [0, 0.1) is 30.9 Å². The quantitative estimate of drug-likeness (QED) is 0.384. The van der Waals surface area contributed by atoms with E-state index in [2.05, 4.69) is 15.5 Å². The van der Waals surface area contributed by atoms with Gasteiger partial charge >= 0.3 is 5.82 Å². The number of carbonyl (C=O) groups excluding carboxylic acids is 1. The summed E-state index contributed by atoms with van der Waals surface area (Å²) in [7, 11) is 0. The van der Waals surface area contributed by atoms with Crippen LogP contribution in [0.2, 0.25) is 10.0 Å². The number of nitrogens with one attached hydrogen (secondary N) is 1. The predicted molar refractivity (Wildman–Crippen MR) is 119 cm³/mol. The van der Waals surface area contributed by atoms with Gasteiger partial charge in [-0.15, -0.1) is 0 Å². The van der Waals surface area contributed by atoms with E-state index in [1.165, 1.54) is 10.7 Å². The van der Waals surface area contributed by atoms with E-state index in [-0.39, 0.29) is 18.1 Å². The standard InChI is InChI=1S/C20H22Cl2N6O3/c1-12-9-18(28(30)31)25-26(12)8-4-5-19(29)23-20-13(2)24-27(14(20)3)11-15-6-7-16(21)17(22)10-15/h6-7,9-10H,4-5,8,11H2,1-3H3,(H,23,29). The fourth-order valence-electron chi connectivity index (χ4n) is 3.24. The number of nitrogens with zero attached hydrogens (tertiary/aromatic N) is 5. The molecule has 0 fully saturated rings. The van der Waals surface area contributed by atoms with Crippen molar-refractivity contribution >= 4 is 40.6 Å².